The van der Waals surface area contributed by atoms with Crippen molar-refractivity contribution in [1.29, 1.82) is 0 Å². The summed E-state index contributed by atoms with van der Waals surface area (Å²) >= 11 is 0. The lowest BCUT2D eigenvalue weighted by Crippen LogP contribution is -2.51. The molecular weight excluding hydrogens is 222 g/mol. The molecule has 2 heteroatoms. The molecular formula is C16H35NO. The molecule has 0 aliphatic rings. The van der Waals surface area contributed by atoms with E-state index in [0.717, 1.165) is 19.5 Å². The summed E-state index contributed by atoms with van der Waals surface area (Å²) in [5.41, 5.74) is 0.603. The monoisotopic (exact) mass is 257 g/mol. The molecule has 0 saturated carbocycles. The van der Waals surface area contributed by atoms with Gasteiger partial charge in [-0.15, -0.1) is 0 Å². The third kappa shape index (κ3) is 4.89. The molecule has 0 rings (SSSR count). The van der Waals surface area contributed by atoms with E-state index >= 15 is 0 Å². The van der Waals surface area contributed by atoms with Gasteiger partial charge in [0.25, 0.3) is 0 Å². The van der Waals surface area contributed by atoms with Crippen LogP contribution in [0.15, 0.2) is 0 Å². The van der Waals surface area contributed by atoms with Gasteiger partial charge in [0.1, 0.15) is 0 Å². The molecule has 0 bridgehead atoms. The lowest BCUT2D eigenvalue weighted by molar-refractivity contribution is 0.0302. The highest BCUT2D eigenvalue weighted by atomic mass is 16.3. The molecule has 0 spiro atoms. The Balaban J connectivity index is 4.74. The van der Waals surface area contributed by atoms with E-state index < -0.39 is 0 Å². The third-order valence-corrected chi connectivity index (χ3v) is 5.07. The molecule has 2 nitrogen and oxygen atoms in total. The number of β-amino-alcohol motifs (C(OH)–C–C–N with tert-alkyl or cyclic N) is 1. The summed E-state index contributed by atoms with van der Waals surface area (Å²) in [6, 6.07) is 0. The maximum absolute atomic E-state index is 9.32. The summed E-state index contributed by atoms with van der Waals surface area (Å²) < 4.78 is 0. The van der Waals surface area contributed by atoms with E-state index in [9.17, 15) is 5.11 Å². The lowest BCUT2D eigenvalue weighted by atomic mass is 9.81. The normalized spacial score (nSPS) is 16.3. The van der Waals surface area contributed by atoms with Crippen LogP contribution in [0.25, 0.3) is 0 Å². The average Bonchev–Trinajstić information content (AvgIpc) is 2.33. The minimum atomic E-state index is 0.201. The van der Waals surface area contributed by atoms with Crippen molar-refractivity contribution in [2.24, 2.45) is 11.3 Å². The van der Waals surface area contributed by atoms with Crippen molar-refractivity contribution in [2.75, 3.05) is 19.7 Å². The first-order valence-electron chi connectivity index (χ1n) is 7.59. The topological polar surface area (TPSA) is 23.5 Å². The highest BCUT2D eigenvalue weighted by molar-refractivity contribution is 4.88. The van der Waals surface area contributed by atoms with Crippen LogP contribution >= 0.6 is 0 Å². The predicted molar refractivity (Wildman–Crippen MR) is 80.9 cm³/mol. The smallest absolute Gasteiger partial charge is 0.0558 e. The minimum absolute atomic E-state index is 0.201. The summed E-state index contributed by atoms with van der Waals surface area (Å²) in [5, 5.41) is 9.32. The first kappa shape index (κ1) is 17.9. The van der Waals surface area contributed by atoms with E-state index in [1.54, 1.807) is 0 Å². The SMILES string of the molecule is CCC(C)(C)CCN(CCO)C(C)(CC)C(C)C. The highest BCUT2D eigenvalue weighted by Gasteiger charge is 2.33. The molecule has 18 heavy (non-hydrogen) atoms. The standard InChI is InChI=1S/C16H35NO/c1-8-15(5,6)10-11-17(12-13-18)16(7,9-2)14(3)4/h14,18H,8-13H2,1-7H3. The van der Waals surface area contributed by atoms with Crippen molar-refractivity contribution < 1.29 is 5.11 Å². The fourth-order valence-electron chi connectivity index (χ4n) is 2.35. The molecule has 0 aliphatic heterocycles. The second-order valence-electron chi connectivity index (χ2n) is 6.84. The van der Waals surface area contributed by atoms with Gasteiger partial charge in [0.05, 0.1) is 6.61 Å². The van der Waals surface area contributed by atoms with E-state index in [0.29, 0.717) is 11.3 Å². The van der Waals surface area contributed by atoms with Crippen LogP contribution in [0.3, 0.4) is 0 Å². The van der Waals surface area contributed by atoms with Crippen LogP contribution in [0.1, 0.15) is 67.7 Å². The zero-order valence-electron chi connectivity index (χ0n) is 13.7. The molecule has 1 unspecified atom stereocenters. The molecule has 0 radical (unpaired) electrons. The molecule has 1 atom stereocenters. The fraction of sp³-hybridized carbons (Fsp3) is 1.00. The number of hydrogen-bond donors (Lipinski definition) is 1. The number of rotatable bonds is 9. The van der Waals surface area contributed by atoms with Crippen molar-refractivity contribution in [2.45, 2.75) is 73.3 Å². The van der Waals surface area contributed by atoms with Gasteiger partial charge in [0, 0.05) is 12.1 Å². The summed E-state index contributed by atoms with van der Waals surface area (Å²) in [7, 11) is 0. The Morgan fingerprint density at radius 3 is 1.89 bits per heavy atom. The molecule has 0 aromatic carbocycles. The maximum atomic E-state index is 9.32. The lowest BCUT2D eigenvalue weighted by Gasteiger charge is -2.45. The number of hydrogen-bond acceptors (Lipinski definition) is 2. The number of nitrogens with zero attached hydrogens (tertiary/aromatic N) is 1. The summed E-state index contributed by atoms with van der Waals surface area (Å²) in [4.78, 5) is 2.50. The highest BCUT2D eigenvalue weighted by Crippen LogP contribution is 2.31. The van der Waals surface area contributed by atoms with Crippen LogP contribution in [-0.2, 0) is 0 Å². The summed E-state index contributed by atoms with van der Waals surface area (Å²) in [5.74, 6) is 0.610. The Bertz CT molecular complexity index is 225. The van der Waals surface area contributed by atoms with Gasteiger partial charge in [-0.05, 0) is 37.6 Å². The molecule has 110 valence electrons. The van der Waals surface area contributed by atoms with Gasteiger partial charge in [-0.25, -0.2) is 0 Å². The largest absolute Gasteiger partial charge is 0.395 e. The first-order valence-corrected chi connectivity index (χ1v) is 7.59. The second kappa shape index (κ2) is 7.49. The molecule has 1 N–H and O–H groups in total. The van der Waals surface area contributed by atoms with Crippen LogP contribution in [0.4, 0.5) is 0 Å². The number of aliphatic hydroxyl groups is 1. The summed E-state index contributed by atoms with van der Waals surface area (Å²) in [6.45, 7) is 18.3. The molecule has 0 aliphatic carbocycles. The minimum Gasteiger partial charge on any atom is -0.395 e. The molecule has 0 heterocycles. The summed E-state index contributed by atoms with van der Waals surface area (Å²) in [6.07, 6.45) is 3.55. The van der Waals surface area contributed by atoms with Crippen LogP contribution in [0, 0.1) is 11.3 Å². The van der Waals surface area contributed by atoms with Gasteiger partial charge in [-0.3, -0.25) is 4.90 Å². The van der Waals surface area contributed by atoms with Crippen molar-refractivity contribution in [1.82, 2.24) is 4.90 Å². The third-order valence-electron chi connectivity index (χ3n) is 5.07. The Labute approximate surface area is 115 Å². The van der Waals surface area contributed by atoms with E-state index in [2.05, 4.69) is 53.4 Å². The fourth-order valence-corrected chi connectivity index (χ4v) is 2.35. The van der Waals surface area contributed by atoms with E-state index in [1.807, 2.05) is 0 Å². The Morgan fingerprint density at radius 2 is 1.56 bits per heavy atom. The van der Waals surface area contributed by atoms with Gasteiger partial charge < -0.3 is 5.11 Å². The number of aliphatic hydroxyl groups excluding tert-OH is 1. The molecule has 0 aromatic rings. The van der Waals surface area contributed by atoms with E-state index in [1.165, 1.54) is 12.8 Å². The van der Waals surface area contributed by atoms with Crippen molar-refractivity contribution in [3.8, 4) is 0 Å². The van der Waals surface area contributed by atoms with E-state index in [4.69, 9.17) is 0 Å². The molecule has 0 fully saturated rings. The van der Waals surface area contributed by atoms with Crippen molar-refractivity contribution in [3.05, 3.63) is 0 Å². The van der Waals surface area contributed by atoms with Gasteiger partial charge in [-0.2, -0.15) is 0 Å². The second-order valence-corrected chi connectivity index (χ2v) is 6.84. The van der Waals surface area contributed by atoms with Crippen LogP contribution in [0.5, 0.6) is 0 Å². The van der Waals surface area contributed by atoms with Crippen LogP contribution in [-0.4, -0.2) is 35.2 Å². The van der Waals surface area contributed by atoms with Crippen LogP contribution in [0.2, 0.25) is 0 Å². The average molecular weight is 257 g/mol. The zero-order valence-corrected chi connectivity index (χ0v) is 13.7. The van der Waals surface area contributed by atoms with Crippen molar-refractivity contribution in [3.63, 3.8) is 0 Å². The van der Waals surface area contributed by atoms with Gasteiger partial charge in [0.2, 0.25) is 0 Å². The van der Waals surface area contributed by atoms with Gasteiger partial charge in [-0.1, -0.05) is 48.0 Å². The maximum Gasteiger partial charge on any atom is 0.0558 e. The predicted octanol–water partition coefficient (Wildman–Crippen LogP) is 3.93. The Morgan fingerprint density at radius 1 is 1.00 bits per heavy atom. The molecule has 0 saturated heterocycles. The van der Waals surface area contributed by atoms with Gasteiger partial charge in [0.15, 0.2) is 0 Å². The van der Waals surface area contributed by atoms with Crippen LogP contribution < -0.4 is 0 Å². The Kier molecular flexibility index (Phi) is 7.46. The van der Waals surface area contributed by atoms with E-state index in [-0.39, 0.29) is 12.1 Å². The zero-order chi connectivity index (χ0) is 14.4. The molecule has 0 amide bonds. The van der Waals surface area contributed by atoms with Gasteiger partial charge >= 0.3 is 0 Å². The first-order chi connectivity index (χ1) is 8.23. The quantitative estimate of drug-likeness (QED) is 0.676. The Hall–Kier alpha value is -0.0800. The molecule has 0 aromatic heterocycles. The van der Waals surface area contributed by atoms with Crippen molar-refractivity contribution >= 4 is 0 Å².